The molecule has 2 unspecified atom stereocenters. The van der Waals surface area contributed by atoms with Crippen LogP contribution in [0, 0.1) is 11.8 Å². The van der Waals surface area contributed by atoms with Crippen LogP contribution in [0.15, 0.2) is 54.7 Å². The number of benzene rings is 2. The Hall–Kier alpha value is -4.39. The van der Waals surface area contributed by atoms with Gasteiger partial charge in [0.1, 0.15) is 18.6 Å². The zero-order valence-electron chi connectivity index (χ0n) is 26.2. The highest BCUT2D eigenvalue weighted by Gasteiger charge is 2.42. The molecular weight excluding hydrogens is 691 g/mol. The lowest BCUT2D eigenvalue weighted by atomic mass is 9.91. The summed E-state index contributed by atoms with van der Waals surface area (Å²) in [6, 6.07) is 11.3. The van der Waals surface area contributed by atoms with Gasteiger partial charge in [0.05, 0.1) is 28.6 Å². The molecule has 0 spiro atoms. The van der Waals surface area contributed by atoms with Gasteiger partial charge >= 0.3 is 23.9 Å². The van der Waals surface area contributed by atoms with Crippen molar-refractivity contribution in [3.63, 3.8) is 0 Å². The molecule has 1 amide bonds. The van der Waals surface area contributed by atoms with E-state index in [0.717, 1.165) is 5.56 Å². The number of rotatable bonds is 9. The lowest BCUT2D eigenvalue weighted by Crippen LogP contribution is -2.47. The number of methoxy groups -OCH3 is 1. The summed E-state index contributed by atoms with van der Waals surface area (Å²) in [6.07, 6.45) is -1.01. The highest BCUT2D eigenvalue weighted by Crippen LogP contribution is 2.34. The minimum absolute atomic E-state index is 0.0691. The highest BCUT2D eigenvalue weighted by atomic mass is 35.5. The number of hydrogen-bond acceptors (Lipinski definition) is 11. The molecule has 15 heteroatoms. The molecule has 48 heavy (non-hydrogen) atoms. The van der Waals surface area contributed by atoms with Gasteiger partial charge in [-0.25, -0.2) is 14.6 Å². The second-order valence-corrected chi connectivity index (χ2v) is 12.2. The van der Waals surface area contributed by atoms with E-state index in [1.165, 1.54) is 38.4 Å². The number of nitrogens with zero attached hydrogens (tertiary/aromatic N) is 1. The van der Waals surface area contributed by atoms with Crippen LogP contribution in [0.4, 0.5) is 0 Å². The zero-order valence-corrected chi connectivity index (χ0v) is 28.4. The number of nitrogens with one attached hydrogen (secondary N) is 1. The minimum Gasteiger partial charge on any atom is -0.493 e. The van der Waals surface area contributed by atoms with Crippen molar-refractivity contribution in [3.8, 4) is 11.5 Å². The van der Waals surface area contributed by atoms with Crippen LogP contribution in [0.25, 0.3) is 0 Å². The highest BCUT2D eigenvalue weighted by molar-refractivity contribution is 6.42. The Balaban J connectivity index is 1.61. The molecule has 1 N–H and O–H groups in total. The predicted octanol–water partition coefficient (Wildman–Crippen LogP) is 5.28. The van der Waals surface area contributed by atoms with Crippen LogP contribution in [0.5, 0.6) is 11.5 Å². The fourth-order valence-corrected chi connectivity index (χ4v) is 5.68. The number of carbonyl (C=O) groups excluding carboxylic acids is 5. The third-order valence-corrected chi connectivity index (χ3v) is 7.99. The van der Waals surface area contributed by atoms with E-state index < -0.39 is 77.9 Å². The minimum atomic E-state index is -1.54. The molecule has 0 saturated carbocycles. The Labute approximate surface area is 290 Å². The number of halogens is 3. The first kappa shape index (κ1) is 36.4. The fraction of sp³-hybridized carbons (Fsp3) is 0.333. The maximum Gasteiger partial charge on any atom is 0.346 e. The summed E-state index contributed by atoms with van der Waals surface area (Å²) in [5.41, 5.74) is 0.0418. The van der Waals surface area contributed by atoms with Gasteiger partial charge in [0.25, 0.3) is 5.91 Å². The number of ether oxygens (including phenoxy) is 5. The molecule has 2 aromatic carbocycles. The van der Waals surface area contributed by atoms with Crippen molar-refractivity contribution in [2.24, 2.45) is 11.8 Å². The topological polar surface area (TPSA) is 156 Å². The summed E-state index contributed by atoms with van der Waals surface area (Å²) in [5, 5.41) is 2.37. The van der Waals surface area contributed by atoms with Gasteiger partial charge in [0, 0.05) is 17.3 Å². The number of pyridine rings is 1. The lowest BCUT2D eigenvalue weighted by molar-refractivity contribution is -0.176. The molecule has 0 bridgehead atoms. The third-order valence-electron chi connectivity index (χ3n) is 7.18. The summed E-state index contributed by atoms with van der Waals surface area (Å²) in [7, 11) is 1.27. The Kier molecular flexibility index (Phi) is 12.3. The van der Waals surface area contributed by atoms with Gasteiger partial charge in [-0.2, -0.15) is 0 Å². The molecule has 254 valence electrons. The van der Waals surface area contributed by atoms with Crippen LogP contribution >= 0.6 is 34.8 Å². The second kappa shape index (κ2) is 16.1. The number of hydrogen-bond donors (Lipinski definition) is 1. The van der Waals surface area contributed by atoms with Crippen molar-refractivity contribution in [2.75, 3.05) is 13.7 Å². The van der Waals surface area contributed by atoms with Gasteiger partial charge in [-0.3, -0.25) is 14.4 Å². The molecule has 1 saturated heterocycles. The maximum absolute atomic E-state index is 13.6. The van der Waals surface area contributed by atoms with E-state index in [-0.39, 0.29) is 32.8 Å². The van der Waals surface area contributed by atoms with Crippen LogP contribution in [0.2, 0.25) is 15.1 Å². The van der Waals surface area contributed by atoms with E-state index >= 15 is 0 Å². The quantitative estimate of drug-likeness (QED) is 0.227. The van der Waals surface area contributed by atoms with Crippen LogP contribution in [-0.2, 0) is 35.0 Å². The fourth-order valence-electron chi connectivity index (χ4n) is 4.71. The summed E-state index contributed by atoms with van der Waals surface area (Å²) in [5.74, 6) is -6.53. The molecule has 12 nitrogen and oxygen atoms in total. The van der Waals surface area contributed by atoms with E-state index in [1.54, 1.807) is 38.1 Å². The Morgan fingerprint density at radius 2 is 1.69 bits per heavy atom. The average molecular weight is 722 g/mol. The van der Waals surface area contributed by atoms with Gasteiger partial charge in [-0.1, -0.05) is 79.0 Å². The second-order valence-electron chi connectivity index (χ2n) is 11.0. The molecule has 1 aliphatic heterocycles. The molecule has 0 aliphatic carbocycles. The van der Waals surface area contributed by atoms with E-state index in [9.17, 15) is 24.0 Å². The predicted molar refractivity (Wildman–Crippen MR) is 173 cm³/mol. The number of aromatic nitrogens is 1. The van der Waals surface area contributed by atoms with Gasteiger partial charge in [-0.15, -0.1) is 0 Å². The van der Waals surface area contributed by atoms with Gasteiger partial charge in [0.15, 0.2) is 23.6 Å². The van der Waals surface area contributed by atoms with Crippen molar-refractivity contribution in [3.05, 3.63) is 86.6 Å². The van der Waals surface area contributed by atoms with E-state index in [1.807, 2.05) is 6.07 Å². The lowest BCUT2D eigenvalue weighted by Gasteiger charge is -2.29. The zero-order chi connectivity index (χ0) is 35.1. The van der Waals surface area contributed by atoms with Crippen LogP contribution < -0.4 is 14.8 Å². The maximum atomic E-state index is 13.6. The summed E-state index contributed by atoms with van der Waals surface area (Å²) < 4.78 is 27.6. The largest absolute Gasteiger partial charge is 0.493 e. The first-order valence-corrected chi connectivity index (χ1v) is 15.8. The molecular formula is C33H31Cl3N2O10. The number of amides is 1. The smallest absolute Gasteiger partial charge is 0.346 e. The first-order chi connectivity index (χ1) is 22.8. The van der Waals surface area contributed by atoms with Crippen molar-refractivity contribution >= 4 is 64.6 Å². The molecule has 4 rings (SSSR count). The normalized spacial score (nSPS) is 19.6. The van der Waals surface area contributed by atoms with Gasteiger partial charge in [0.2, 0.25) is 5.75 Å². The molecule has 3 aromatic rings. The Morgan fingerprint density at radius 1 is 1.02 bits per heavy atom. The average Bonchev–Trinajstić information content (AvgIpc) is 3.06. The number of cyclic esters (lactones) is 2. The molecule has 0 radical (unpaired) electrons. The van der Waals surface area contributed by atoms with Gasteiger partial charge in [-0.05, 0) is 31.0 Å². The first-order valence-electron chi connectivity index (χ1n) is 14.6. The molecule has 1 aliphatic rings. The standard InChI is InChI=1S/C33H31Cl3N2O10/c1-16(2)30(40)47-27-17(3)46-32(42)23(15-45-31(41)20(27)12-18-8-6-5-7-9-18)38-29(39)26-28(24(44-4)10-11-37-26)48-33(43)25-21(35)13-19(34)14-22(25)36/h5-11,13-14,16-17,20,23,27H,12,15H2,1-4H3,(H,38,39)/t17-,20+,23?,27?/m0/s1. The number of carbonyl (C=O) groups is 5. The van der Waals surface area contributed by atoms with Crippen LogP contribution in [0.3, 0.4) is 0 Å². The van der Waals surface area contributed by atoms with E-state index in [0.29, 0.717) is 0 Å². The van der Waals surface area contributed by atoms with Crippen molar-refractivity contribution in [2.45, 2.75) is 45.4 Å². The van der Waals surface area contributed by atoms with Crippen LogP contribution in [-0.4, -0.2) is 66.7 Å². The Morgan fingerprint density at radius 3 is 2.31 bits per heavy atom. The van der Waals surface area contributed by atoms with Gasteiger partial charge < -0.3 is 29.0 Å². The summed E-state index contributed by atoms with van der Waals surface area (Å²) in [4.78, 5) is 70.3. The summed E-state index contributed by atoms with van der Waals surface area (Å²) >= 11 is 18.3. The van der Waals surface area contributed by atoms with Crippen LogP contribution in [0.1, 0.15) is 47.2 Å². The molecule has 1 fully saturated rings. The monoisotopic (exact) mass is 720 g/mol. The van der Waals surface area contributed by atoms with Crippen molar-refractivity contribution < 1.29 is 47.7 Å². The van der Waals surface area contributed by atoms with Crippen molar-refractivity contribution in [1.29, 1.82) is 0 Å². The third kappa shape index (κ3) is 8.74. The summed E-state index contributed by atoms with van der Waals surface area (Å²) in [6.45, 7) is 4.09. The van der Waals surface area contributed by atoms with E-state index in [4.69, 9.17) is 58.5 Å². The Bertz CT molecular complexity index is 1680. The number of esters is 4. The van der Waals surface area contributed by atoms with E-state index in [2.05, 4.69) is 10.3 Å². The van der Waals surface area contributed by atoms with Crippen molar-refractivity contribution in [1.82, 2.24) is 10.3 Å². The molecule has 4 atom stereocenters. The molecule has 1 aromatic heterocycles. The molecule has 2 heterocycles. The SMILES string of the molecule is COc1ccnc(C(=O)NC2COC(=O)[C@H](Cc3ccccc3)C(OC(=O)C(C)C)[C@H](C)OC2=O)c1OC(=O)c1c(Cl)cc(Cl)cc1Cl.